The smallest absolute Gasteiger partial charge is 0.0796 e. The zero-order chi connectivity index (χ0) is 10.9. The van der Waals surface area contributed by atoms with Gasteiger partial charge in [-0.3, -0.25) is 0 Å². The van der Waals surface area contributed by atoms with Crippen LogP contribution in [0.15, 0.2) is 30.3 Å². The summed E-state index contributed by atoms with van der Waals surface area (Å²) >= 11 is 0. The topological polar surface area (TPSA) is 33.0 Å². The van der Waals surface area contributed by atoms with Gasteiger partial charge in [0.2, 0.25) is 0 Å². The van der Waals surface area contributed by atoms with Crippen LogP contribution in [-0.2, 0) is 4.74 Å². The average Bonchev–Trinajstić information content (AvgIpc) is 2.30. The van der Waals surface area contributed by atoms with Crippen LogP contribution in [0.1, 0.15) is 37.9 Å². The van der Waals surface area contributed by atoms with Crippen molar-refractivity contribution in [2.24, 2.45) is 0 Å². The van der Waals surface area contributed by atoms with Crippen molar-refractivity contribution < 1.29 is 4.74 Å². The van der Waals surface area contributed by atoms with Gasteiger partial charge in [0.05, 0.1) is 12.2 Å². The molecule has 0 heterocycles. The van der Waals surface area contributed by atoms with Gasteiger partial charge in [-0.05, 0) is 25.3 Å². The van der Waals surface area contributed by atoms with Gasteiger partial charge >= 0.3 is 0 Å². The van der Waals surface area contributed by atoms with Crippen LogP contribution in [0.5, 0.6) is 0 Å². The predicted molar refractivity (Wildman–Crippen MR) is 60.3 cm³/mol. The SMILES string of the molecule is CC(OCCCCC#N)c1ccccc1. The molecule has 0 saturated carbocycles. The highest BCUT2D eigenvalue weighted by atomic mass is 16.5. The van der Waals surface area contributed by atoms with Crippen molar-refractivity contribution in [2.75, 3.05) is 6.61 Å². The van der Waals surface area contributed by atoms with Crippen LogP contribution in [0.2, 0.25) is 0 Å². The molecule has 0 fully saturated rings. The summed E-state index contributed by atoms with van der Waals surface area (Å²) in [6.07, 6.45) is 2.67. The quantitative estimate of drug-likeness (QED) is 0.663. The van der Waals surface area contributed by atoms with E-state index < -0.39 is 0 Å². The predicted octanol–water partition coefficient (Wildman–Crippen LogP) is 3.46. The van der Waals surface area contributed by atoms with E-state index in [1.54, 1.807) is 0 Å². The van der Waals surface area contributed by atoms with Crippen molar-refractivity contribution in [2.45, 2.75) is 32.3 Å². The van der Waals surface area contributed by atoms with Gasteiger partial charge in [-0.15, -0.1) is 0 Å². The van der Waals surface area contributed by atoms with Gasteiger partial charge in [0.1, 0.15) is 0 Å². The van der Waals surface area contributed by atoms with Crippen LogP contribution < -0.4 is 0 Å². The maximum Gasteiger partial charge on any atom is 0.0796 e. The Morgan fingerprint density at radius 2 is 2.00 bits per heavy atom. The van der Waals surface area contributed by atoms with Crippen molar-refractivity contribution in [1.29, 1.82) is 5.26 Å². The number of unbranched alkanes of at least 4 members (excludes halogenated alkanes) is 2. The Morgan fingerprint density at radius 1 is 1.27 bits per heavy atom. The van der Waals surface area contributed by atoms with E-state index in [0.29, 0.717) is 6.42 Å². The number of ether oxygens (including phenoxy) is 1. The lowest BCUT2D eigenvalue weighted by atomic mass is 10.1. The fourth-order valence-corrected chi connectivity index (χ4v) is 1.39. The average molecular weight is 203 g/mol. The molecule has 0 aliphatic rings. The van der Waals surface area contributed by atoms with Crippen LogP contribution in [0.25, 0.3) is 0 Å². The second-order valence-corrected chi connectivity index (χ2v) is 3.54. The summed E-state index contributed by atoms with van der Waals surface area (Å²) in [7, 11) is 0. The molecule has 0 bridgehead atoms. The van der Waals surface area contributed by atoms with Gasteiger partial charge in [-0.2, -0.15) is 5.26 Å². The van der Waals surface area contributed by atoms with E-state index in [1.807, 2.05) is 18.2 Å². The van der Waals surface area contributed by atoms with Crippen molar-refractivity contribution in [3.05, 3.63) is 35.9 Å². The molecule has 0 aromatic heterocycles. The van der Waals surface area contributed by atoms with E-state index in [4.69, 9.17) is 10.00 Å². The van der Waals surface area contributed by atoms with E-state index >= 15 is 0 Å². The molecule has 1 unspecified atom stereocenters. The fraction of sp³-hybridized carbons (Fsp3) is 0.462. The summed E-state index contributed by atoms with van der Waals surface area (Å²) in [5.74, 6) is 0. The second kappa shape index (κ2) is 7.03. The van der Waals surface area contributed by atoms with Gasteiger partial charge in [0, 0.05) is 13.0 Å². The van der Waals surface area contributed by atoms with E-state index in [9.17, 15) is 0 Å². The first kappa shape index (κ1) is 11.7. The van der Waals surface area contributed by atoms with Crippen LogP contribution in [0, 0.1) is 11.3 Å². The molecule has 1 aromatic rings. The summed E-state index contributed by atoms with van der Waals surface area (Å²) in [5.41, 5.74) is 1.21. The third-order valence-electron chi connectivity index (χ3n) is 2.32. The van der Waals surface area contributed by atoms with Gasteiger partial charge in [0.25, 0.3) is 0 Å². The molecule has 0 radical (unpaired) electrons. The zero-order valence-electron chi connectivity index (χ0n) is 9.15. The molecule has 0 amide bonds. The Labute approximate surface area is 91.5 Å². The fourth-order valence-electron chi connectivity index (χ4n) is 1.39. The first-order valence-electron chi connectivity index (χ1n) is 5.38. The molecule has 0 aliphatic heterocycles. The molecular weight excluding hydrogens is 186 g/mol. The zero-order valence-corrected chi connectivity index (χ0v) is 9.15. The monoisotopic (exact) mass is 203 g/mol. The minimum Gasteiger partial charge on any atom is -0.374 e. The summed E-state index contributed by atoms with van der Waals surface area (Å²) < 4.78 is 5.67. The Bertz CT molecular complexity index is 302. The largest absolute Gasteiger partial charge is 0.374 e. The van der Waals surface area contributed by atoms with Crippen LogP contribution in [0.4, 0.5) is 0 Å². The molecule has 15 heavy (non-hydrogen) atoms. The molecule has 0 spiro atoms. The number of rotatable bonds is 6. The van der Waals surface area contributed by atoms with E-state index in [-0.39, 0.29) is 6.10 Å². The number of nitriles is 1. The summed E-state index contributed by atoms with van der Waals surface area (Å²) in [6.45, 7) is 2.79. The lowest BCUT2D eigenvalue weighted by Gasteiger charge is -2.12. The van der Waals surface area contributed by atoms with E-state index in [2.05, 4.69) is 25.1 Å². The highest BCUT2D eigenvalue weighted by Gasteiger charge is 2.03. The molecule has 0 saturated heterocycles. The summed E-state index contributed by atoms with van der Waals surface area (Å²) in [4.78, 5) is 0. The number of hydrogen-bond acceptors (Lipinski definition) is 2. The lowest BCUT2D eigenvalue weighted by Crippen LogP contribution is -2.01. The Balaban J connectivity index is 2.20. The Morgan fingerprint density at radius 3 is 2.67 bits per heavy atom. The van der Waals surface area contributed by atoms with E-state index in [0.717, 1.165) is 19.4 Å². The molecule has 2 heteroatoms. The molecule has 1 atom stereocenters. The minimum absolute atomic E-state index is 0.147. The Hall–Kier alpha value is -1.33. The highest BCUT2D eigenvalue weighted by molar-refractivity contribution is 5.16. The van der Waals surface area contributed by atoms with Crippen LogP contribution in [-0.4, -0.2) is 6.61 Å². The molecule has 0 N–H and O–H groups in total. The first-order chi connectivity index (χ1) is 7.34. The van der Waals surface area contributed by atoms with Crippen LogP contribution >= 0.6 is 0 Å². The molecule has 1 rings (SSSR count). The maximum absolute atomic E-state index is 8.36. The van der Waals surface area contributed by atoms with Crippen molar-refractivity contribution in [3.63, 3.8) is 0 Å². The van der Waals surface area contributed by atoms with Crippen molar-refractivity contribution >= 4 is 0 Å². The first-order valence-corrected chi connectivity index (χ1v) is 5.38. The van der Waals surface area contributed by atoms with Crippen molar-refractivity contribution in [1.82, 2.24) is 0 Å². The number of hydrogen-bond donors (Lipinski definition) is 0. The normalized spacial score (nSPS) is 12.0. The number of nitrogens with zero attached hydrogens (tertiary/aromatic N) is 1. The highest BCUT2D eigenvalue weighted by Crippen LogP contribution is 2.16. The van der Waals surface area contributed by atoms with Gasteiger partial charge in [-0.1, -0.05) is 30.3 Å². The lowest BCUT2D eigenvalue weighted by molar-refractivity contribution is 0.0632. The minimum atomic E-state index is 0.147. The third kappa shape index (κ3) is 4.62. The summed E-state index contributed by atoms with van der Waals surface area (Å²) in [5, 5.41) is 8.36. The molecule has 0 aliphatic carbocycles. The standard InChI is InChI=1S/C13H17NO/c1-12(13-8-4-2-5-9-13)15-11-7-3-6-10-14/h2,4-5,8-9,12H,3,6-7,11H2,1H3. The summed E-state index contributed by atoms with van der Waals surface area (Å²) in [6, 6.07) is 12.3. The molecular formula is C13H17NO. The van der Waals surface area contributed by atoms with Crippen LogP contribution in [0.3, 0.4) is 0 Å². The van der Waals surface area contributed by atoms with Crippen molar-refractivity contribution in [3.8, 4) is 6.07 Å². The molecule has 2 nitrogen and oxygen atoms in total. The molecule has 1 aromatic carbocycles. The van der Waals surface area contributed by atoms with Gasteiger partial charge < -0.3 is 4.74 Å². The maximum atomic E-state index is 8.36. The van der Waals surface area contributed by atoms with Gasteiger partial charge in [0.15, 0.2) is 0 Å². The third-order valence-corrected chi connectivity index (χ3v) is 2.32. The number of benzene rings is 1. The second-order valence-electron chi connectivity index (χ2n) is 3.54. The molecule has 80 valence electrons. The van der Waals surface area contributed by atoms with E-state index in [1.165, 1.54) is 5.56 Å². The Kier molecular flexibility index (Phi) is 5.50. The van der Waals surface area contributed by atoms with Gasteiger partial charge in [-0.25, -0.2) is 0 Å².